The zero-order valence-electron chi connectivity index (χ0n) is 15.3. The van der Waals surface area contributed by atoms with Gasteiger partial charge in [-0.25, -0.2) is 9.67 Å². The molecule has 0 radical (unpaired) electrons. The van der Waals surface area contributed by atoms with E-state index in [1.807, 2.05) is 12.1 Å². The number of fused-ring (bicyclic) bond motifs is 1. The molecule has 0 bridgehead atoms. The van der Waals surface area contributed by atoms with E-state index in [2.05, 4.69) is 32.5 Å². The molecule has 0 fully saturated rings. The Morgan fingerprint density at radius 1 is 1.30 bits per heavy atom. The number of nitrogens with zero attached hydrogens (tertiary/aromatic N) is 3. The average Bonchev–Trinajstić information content (AvgIpc) is 3.03. The minimum atomic E-state index is -0.253. The lowest BCUT2D eigenvalue weighted by molar-refractivity contribution is 0.0932. The van der Waals surface area contributed by atoms with Crippen LogP contribution in [-0.2, 0) is 6.42 Å². The molecule has 2 N–H and O–H groups in total. The minimum absolute atomic E-state index is 0.00195. The Balaban J connectivity index is 1.61. The van der Waals surface area contributed by atoms with E-state index in [0.717, 1.165) is 19.3 Å². The third-order valence-electron chi connectivity index (χ3n) is 4.99. The highest BCUT2D eigenvalue weighted by molar-refractivity contribution is 5.95. The van der Waals surface area contributed by atoms with Gasteiger partial charge in [0.2, 0.25) is 5.95 Å². The number of aromatic nitrogens is 4. The molecule has 0 saturated heterocycles. The molecule has 1 aromatic carbocycles. The standard InChI is InChI=1S/C20H21N5O2/c1-12-10-18(26)24-20(22-12)25-13(2)16(11-21-25)19(27)23-17-9-5-7-14-6-3-4-8-15(14)17/h3-4,6,8,10-11,17H,5,7,9H2,1-2H3,(H,23,27)(H,22,24,26). The number of H-pyrrole nitrogens is 1. The molecular formula is C20H21N5O2. The van der Waals surface area contributed by atoms with Crippen molar-refractivity contribution in [2.75, 3.05) is 0 Å². The maximum atomic E-state index is 12.9. The second kappa shape index (κ2) is 6.83. The summed E-state index contributed by atoms with van der Waals surface area (Å²) in [4.78, 5) is 31.5. The van der Waals surface area contributed by atoms with Gasteiger partial charge in [-0.3, -0.25) is 14.6 Å². The van der Waals surface area contributed by atoms with Crippen molar-refractivity contribution < 1.29 is 4.79 Å². The first kappa shape index (κ1) is 17.2. The van der Waals surface area contributed by atoms with Gasteiger partial charge in [0.25, 0.3) is 11.5 Å². The van der Waals surface area contributed by atoms with Gasteiger partial charge >= 0.3 is 0 Å². The van der Waals surface area contributed by atoms with Crippen molar-refractivity contribution in [3.8, 4) is 5.95 Å². The Hall–Kier alpha value is -3.22. The van der Waals surface area contributed by atoms with Crippen molar-refractivity contribution >= 4 is 5.91 Å². The van der Waals surface area contributed by atoms with Crippen molar-refractivity contribution in [2.24, 2.45) is 0 Å². The number of hydrogen-bond donors (Lipinski definition) is 2. The van der Waals surface area contributed by atoms with E-state index in [0.29, 0.717) is 22.9 Å². The lowest BCUT2D eigenvalue weighted by atomic mass is 9.87. The first-order valence-electron chi connectivity index (χ1n) is 9.04. The third kappa shape index (κ3) is 3.28. The van der Waals surface area contributed by atoms with E-state index in [-0.39, 0.29) is 17.5 Å². The fraction of sp³-hybridized carbons (Fsp3) is 0.300. The molecule has 0 aliphatic heterocycles. The zero-order valence-corrected chi connectivity index (χ0v) is 15.3. The van der Waals surface area contributed by atoms with Crippen molar-refractivity contribution in [1.82, 2.24) is 25.1 Å². The van der Waals surface area contributed by atoms with Gasteiger partial charge < -0.3 is 5.32 Å². The molecule has 1 aliphatic rings. The van der Waals surface area contributed by atoms with Crippen LogP contribution in [0.4, 0.5) is 0 Å². The van der Waals surface area contributed by atoms with Crippen LogP contribution in [0.1, 0.15) is 51.8 Å². The Kier molecular flexibility index (Phi) is 4.35. The summed E-state index contributed by atoms with van der Waals surface area (Å²) in [5, 5.41) is 7.38. The van der Waals surface area contributed by atoms with Gasteiger partial charge in [0, 0.05) is 11.8 Å². The average molecular weight is 363 g/mol. The summed E-state index contributed by atoms with van der Waals surface area (Å²) in [5.41, 5.74) is 3.92. The fourth-order valence-electron chi connectivity index (χ4n) is 3.65. The predicted molar refractivity (Wildman–Crippen MR) is 101 cm³/mol. The normalized spacial score (nSPS) is 16.0. The summed E-state index contributed by atoms with van der Waals surface area (Å²) in [6.07, 6.45) is 4.53. The van der Waals surface area contributed by atoms with E-state index in [1.165, 1.54) is 28.1 Å². The Morgan fingerprint density at radius 2 is 2.11 bits per heavy atom. The molecular weight excluding hydrogens is 342 g/mol. The predicted octanol–water partition coefficient (Wildman–Crippen LogP) is 2.38. The number of rotatable bonds is 3. The first-order chi connectivity index (χ1) is 13.0. The zero-order chi connectivity index (χ0) is 19.0. The molecule has 27 heavy (non-hydrogen) atoms. The minimum Gasteiger partial charge on any atom is -0.345 e. The summed E-state index contributed by atoms with van der Waals surface area (Å²) < 4.78 is 1.48. The summed E-state index contributed by atoms with van der Waals surface area (Å²) in [5.74, 6) is 0.134. The van der Waals surface area contributed by atoms with Gasteiger partial charge in [0.15, 0.2) is 0 Å². The van der Waals surface area contributed by atoms with Crippen molar-refractivity contribution in [1.29, 1.82) is 0 Å². The SMILES string of the molecule is Cc1cc(=O)[nH]c(-n2ncc(C(=O)NC3CCCc4ccccc43)c2C)n1. The number of benzene rings is 1. The van der Waals surface area contributed by atoms with E-state index >= 15 is 0 Å². The number of amides is 1. The number of hydrogen-bond acceptors (Lipinski definition) is 4. The van der Waals surface area contributed by atoms with E-state index in [4.69, 9.17) is 0 Å². The number of carbonyl (C=O) groups excluding carboxylic acids is 1. The van der Waals surface area contributed by atoms with Crippen LogP contribution < -0.4 is 10.9 Å². The Bertz CT molecular complexity index is 1070. The number of nitrogens with one attached hydrogen (secondary N) is 2. The molecule has 0 saturated carbocycles. The van der Waals surface area contributed by atoms with Gasteiger partial charge in [-0.05, 0) is 44.2 Å². The molecule has 2 aromatic heterocycles. The highest BCUT2D eigenvalue weighted by Gasteiger charge is 2.24. The second-order valence-electron chi connectivity index (χ2n) is 6.88. The van der Waals surface area contributed by atoms with Crippen LogP contribution in [0.2, 0.25) is 0 Å². The number of aryl methyl sites for hydroxylation is 2. The van der Waals surface area contributed by atoms with Crippen LogP contribution in [0, 0.1) is 13.8 Å². The van der Waals surface area contributed by atoms with Crippen LogP contribution in [0.15, 0.2) is 41.3 Å². The van der Waals surface area contributed by atoms with E-state index in [1.54, 1.807) is 13.8 Å². The smallest absolute Gasteiger partial charge is 0.255 e. The summed E-state index contributed by atoms with van der Waals surface area (Å²) in [7, 11) is 0. The maximum absolute atomic E-state index is 12.9. The second-order valence-corrected chi connectivity index (χ2v) is 6.88. The van der Waals surface area contributed by atoms with Crippen LogP contribution in [-0.4, -0.2) is 25.7 Å². The molecule has 1 atom stereocenters. The maximum Gasteiger partial charge on any atom is 0.255 e. The largest absolute Gasteiger partial charge is 0.345 e. The van der Waals surface area contributed by atoms with Crippen molar-refractivity contribution in [2.45, 2.75) is 39.2 Å². The quantitative estimate of drug-likeness (QED) is 0.747. The first-order valence-corrected chi connectivity index (χ1v) is 9.04. The lowest BCUT2D eigenvalue weighted by Gasteiger charge is -2.26. The van der Waals surface area contributed by atoms with Gasteiger partial charge in [-0.15, -0.1) is 0 Å². The number of carbonyl (C=O) groups is 1. The van der Waals surface area contributed by atoms with Crippen LogP contribution in [0.3, 0.4) is 0 Å². The lowest BCUT2D eigenvalue weighted by Crippen LogP contribution is -2.31. The third-order valence-corrected chi connectivity index (χ3v) is 4.99. The van der Waals surface area contributed by atoms with Crippen LogP contribution in [0.25, 0.3) is 5.95 Å². The van der Waals surface area contributed by atoms with Gasteiger partial charge in [0.05, 0.1) is 23.5 Å². The molecule has 138 valence electrons. The van der Waals surface area contributed by atoms with Crippen LogP contribution in [0.5, 0.6) is 0 Å². The van der Waals surface area contributed by atoms with E-state index in [9.17, 15) is 9.59 Å². The topological polar surface area (TPSA) is 92.7 Å². The molecule has 7 heteroatoms. The van der Waals surface area contributed by atoms with Gasteiger partial charge in [0.1, 0.15) is 0 Å². The number of aromatic amines is 1. The fourth-order valence-corrected chi connectivity index (χ4v) is 3.65. The summed E-state index contributed by atoms with van der Waals surface area (Å²) >= 11 is 0. The molecule has 2 heterocycles. The summed E-state index contributed by atoms with van der Waals surface area (Å²) in [6.45, 7) is 3.53. The molecule has 1 unspecified atom stereocenters. The van der Waals surface area contributed by atoms with Crippen molar-refractivity contribution in [3.05, 3.63) is 75.0 Å². The highest BCUT2D eigenvalue weighted by Crippen LogP contribution is 2.29. The summed E-state index contributed by atoms with van der Waals surface area (Å²) in [6, 6.07) is 9.66. The molecule has 4 rings (SSSR count). The Labute approximate surface area is 156 Å². The van der Waals surface area contributed by atoms with E-state index < -0.39 is 0 Å². The molecule has 3 aromatic rings. The van der Waals surface area contributed by atoms with Crippen molar-refractivity contribution in [3.63, 3.8) is 0 Å². The monoisotopic (exact) mass is 363 g/mol. The molecule has 1 aliphatic carbocycles. The molecule has 0 spiro atoms. The molecule has 7 nitrogen and oxygen atoms in total. The highest BCUT2D eigenvalue weighted by atomic mass is 16.1. The van der Waals surface area contributed by atoms with Gasteiger partial charge in [-0.2, -0.15) is 5.10 Å². The molecule has 1 amide bonds. The Morgan fingerprint density at radius 3 is 2.93 bits per heavy atom. The van der Waals surface area contributed by atoms with Gasteiger partial charge in [-0.1, -0.05) is 24.3 Å². The van der Waals surface area contributed by atoms with Crippen LogP contribution >= 0.6 is 0 Å².